The van der Waals surface area contributed by atoms with Gasteiger partial charge in [-0.15, -0.1) is 0 Å². The van der Waals surface area contributed by atoms with Crippen LogP contribution in [-0.4, -0.2) is 0 Å². The fraction of sp³-hybridized carbons (Fsp3) is 0.429. The van der Waals surface area contributed by atoms with Gasteiger partial charge in [0.25, 0.3) is 0 Å². The number of hydrogen-bond acceptors (Lipinski definition) is 0. The third-order valence-electron chi connectivity index (χ3n) is 0.934. The van der Waals surface area contributed by atoms with Crippen LogP contribution in [0.15, 0.2) is 23.1 Å². The Labute approximate surface area is 58.0 Å². The minimum absolute atomic E-state index is 0.134. The zero-order chi connectivity index (χ0) is 8.31. The van der Waals surface area contributed by atoms with Crippen molar-refractivity contribution in [1.82, 2.24) is 0 Å². The van der Waals surface area contributed by atoms with Gasteiger partial charge in [0.2, 0.25) is 0 Å². The van der Waals surface area contributed by atoms with Gasteiger partial charge in [0.15, 0.2) is 11.7 Å². The highest BCUT2D eigenvalue weighted by molar-refractivity contribution is 5.24. The van der Waals surface area contributed by atoms with Crippen molar-refractivity contribution in [2.45, 2.75) is 20.8 Å². The van der Waals surface area contributed by atoms with Crippen LogP contribution in [0.1, 0.15) is 20.8 Å². The lowest BCUT2D eigenvalue weighted by Gasteiger charge is -1.94. The van der Waals surface area contributed by atoms with Gasteiger partial charge < -0.3 is 0 Å². The van der Waals surface area contributed by atoms with E-state index in [0.717, 1.165) is 6.92 Å². The molecule has 10 heavy (non-hydrogen) atoms. The highest BCUT2D eigenvalue weighted by Gasteiger charge is 2.08. The van der Waals surface area contributed by atoms with Gasteiger partial charge in [0, 0.05) is 0 Å². The monoisotopic (exact) mass is 150 g/mol. The zero-order valence-electron chi connectivity index (χ0n) is 6.13. The van der Waals surface area contributed by atoms with Crippen LogP contribution in [0, 0.1) is 0 Å². The van der Waals surface area contributed by atoms with E-state index in [2.05, 4.69) is 0 Å². The molecule has 58 valence electrons. The van der Waals surface area contributed by atoms with Crippen LogP contribution in [0.2, 0.25) is 0 Å². The van der Waals surface area contributed by atoms with E-state index in [0.29, 0.717) is 0 Å². The summed E-state index contributed by atoms with van der Waals surface area (Å²) in [6, 6.07) is 0. The summed E-state index contributed by atoms with van der Waals surface area (Å²) in [6.45, 7) is 3.62. The van der Waals surface area contributed by atoms with Gasteiger partial charge in [0.05, 0.1) is 0 Å². The molecule has 0 aromatic carbocycles. The molecule has 0 aromatic heterocycles. The van der Waals surface area contributed by atoms with Crippen molar-refractivity contribution in [2.24, 2.45) is 0 Å². The van der Waals surface area contributed by atoms with Gasteiger partial charge in [-0.3, -0.25) is 0 Å². The molecule has 0 amide bonds. The van der Waals surface area contributed by atoms with E-state index in [1.165, 1.54) is 13.8 Å². The Morgan fingerprint density at radius 3 is 1.30 bits per heavy atom. The minimum Gasteiger partial charge on any atom is -0.209 e. The third-order valence-corrected chi connectivity index (χ3v) is 0.934. The van der Waals surface area contributed by atoms with Gasteiger partial charge >= 0.3 is 0 Å². The van der Waals surface area contributed by atoms with E-state index in [9.17, 15) is 13.2 Å². The maximum absolute atomic E-state index is 12.4. The molecule has 0 fully saturated rings. The fourth-order valence-electron chi connectivity index (χ4n) is 0.371. The molecule has 0 atom stereocenters. The summed E-state index contributed by atoms with van der Waals surface area (Å²) in [5, 5.41) is 0. The molecule has 0 saturated heterocycles. The Hall–Kier alpha value is -0.730. The number of allylic oxidation sites excluding steroid dienone is 4. The van der Waals surface area contributed by atoms with Crippen molar-refractivity contribution >= 4 is 0 Å². The molecule has 0 nitrogen and oxygen atoms in total. The van der Waals surface area contributed by atoms with E-state index in [1.54, 1.807) is 0 Å². The molecule has 0 radical (unpaired) electrons. The minimum atomic E-state index is -1.40. The molecule has 0 N–H and O–H groups in total. The molecule has 0 aliphatic rings. The zero-order valence-corrected chi connectivity index (χ0v) is 6.13. The van der Waals surface area contributed by atoms with Gasteiger partial charge in [-0.2, -0.15) is 0 Å². The molecular weight excluding hydrogens is 141 g/mol. The molecule has 0 saturated carbocycles. The van der Waals surface area contributed by atoms with Crippen molar-refractivity contribution in [1.29, 1.82) is 0 Å². The number of rotatable bonds is 1. The highest BCUT2D eigenvalue weighted by atomic mass is 19.2. The predicted molar refractivity (Wildman–Crippen MR) is 34.4 cm³/mol. The Kier molecular flexibility index (Phi) is 3.19. The largest absolute Gasteiger partial charge is 0.209 e. The predicted octanol–water partition coefficient (Wildman–Crippen LogP) is 3.42. The standard InChI is InChI=1S/C7H9F3/c1-4(2)6(9)7(10)5(3)8/h1-3H3. The maximum Gasteiger partial charge on any atom is 0.189 e. The van der Waals surface area contributed by atoms with Crippen LogP contribution in [0.4, 0.5) is 13.2 Å². The first kappa shape index (κ1) is 9.27. The molecule has 0 heterocycles. The summed E-state index contributed by atoms with van der Waals surface area (Å²) in [5.74, 6) is -3.64. The van der Waals surface area contributed by atoms with Crippen molar-refractivity contribution < 1.29 is 13.2 Å². The second kappa shape index (κ2) is 3.44. The van der Waals surface area contributed by atoms with Crippen molar-refractivity contribution in [3.63, 3.8) is 0 Å². The van der Waals surface area contributed by atoms with Crippen LogP contribution in [0.3, 0.4) is 0 Å². The summed E-state index contributed by atoms with van der Waals surface area (Å²) in [6.07, 6.45) is 0. The number of hydrogen-bond donors (Lipinski definition) is 0. The quantitative estimate of drug-likeness (QED) is 0.502. The molecule has 0 aliphatic heterocycles. The van der Waals surface area contributed by atoms with Gasteiger partial charge in [-0.05, 0) is 26.3 Å². The molecule has 3 heteroatoms. The van der Waals surface area contributed by atoms with Crippen LogP contribution < -0.4 is 0 Å². The van der Waals surface area contributed by atoms with Crippen LogP contribution >= 0.6 is 0 Å². The van der Waals surface area contributed by atoms with Crippen molar-refractivity contribution in [3.05, 3.63) is 23.1 Å². The Bertz CT molecular complexity index is 159. The van der Waals surface area contributed by atoms with Gasteiger partial charge in [0.1, 0.15) is 5.83 Å². The fourth-order valence-corrected chi connectivity index (χ4v) is 0.371. The summed E-state index contributed by atoms with van der Waals surface area (Å²) in [5.41, 5.74) is 0.134. The molecule has 0 rings (SSSR count). The maximum atomic E-state index is 12.4. The van der Waals surface area contributed by atoms with E-state index in [-0.39, 0.29) is 5.57 Å². The van der Waals surface area contributed by atoms with E-state index in [4.69, 9.17) is 0 Å². The average Bonchev–Trinajstić information content (AvgIpc) is 1.84. The van der Waals surface area contributed by atoms with Crippen LogP contribution in [0.25, 0.3) is 0 Å². The molecule has 0 spiro atoms. The normalized spacial score (nSPS) is 12.6. The Balaban J connectivity index is 4.71. The van der Waals surface area contributed by atoms with Crippen molar-refractivity contribution in [2.75, 3.05) is 0 Å². The lowest BCUT2D eigenvalue weighted by atomic mass is 10.3. The second-order valence-corrected chi connectivity index (χ2v) is 2.16. The van der Waals surface area contributed by atoms with Gasteiger partial charge in [-0.1, -0.05) is 0 Å². The van der Waals surface area contributed by atoms with E-state index in [1.807, 2.05) is 0 Å². The van der Waals surface area contributed by atoms with Crippen molar-refractivity contribution in [3.8, 4) is 0 Å². The topological polar surface area (TPSA) is 0 Å². The SMILES string of the molecule is CC(C)=C(F)C(F)=C(C)F. The molecule has 0 aliphatic carbocycles. The molecule has 0 aromatic rings. The Morgan fingerprint density at radius 1 is 0.800 bits per heavy atom. The van der Waals surface area contributed by atoms with Crippen LogP contribution in [0.5, 0.6) is 0 Å². The third kappa shape index (κ3) is 2.25. The summed E-state index contributed by atoms with van der Waals surface area (Å²) in [7, 11) is 0. The number of halogens is 3. The lowest BCUT2D eigenvalue weighted by Crippen LogP contribution is -1.81. The summed E-state index contributed by atoms with van der Waals surface area (Å²) < 4.78 is 36.6. The summed E-state index contributed by atoms with van der Waals surface area (Å²) in [4.78, 5) is 0. The first-order valence-corrected chi connectivity index (χ1v) is 2.82. The average molecular weight is 150 g/mol. The molecule has 0 unspecified atom stereocenters. The van der Waals surface area contributed by atoms with E-state index >= 15 is 0 Å². The summed E-state index contributed by atoms with van der Waals surface area (Å²) >= 11 is 0. The lowest BCUT2D eigenvalue weighted by molar-refractivity contribution is 0.489. The highest BCUT2D eigenvalue weighted by Crippen LogP contribution is 2.21. The first-order valence-electron chi connectivity index (χ1n) is 2.82. The van der Waals surface area contributed by atoms with E-state index < -0.39 is 17.5 Å². The second-order valence-electron chi connectivity index (χ2n) is 2.16. The van der Waals surface area contributed by atoms with Gasteiger partial charge in [-0.25, -0.2) is 13.2 Å². The van der Waals surface area contributed by atoms with Crippen LogP contribution in [-0.2, 0) is 0 Å². The Morgan fingerprint density at radius 2 is 1.20 bits per heavy atom. The molecular formula is C7H9F3. The molecule has 0 bridgehead atoms. The smallest absolute Gasteiger partial charge is 0.189 e. The first-order chi connectivity index (χ1) is 4.46.